The first-order valence-corrected chi connectivity index (χ1v) is 10.6. The summed E-state index contributed by atoms with van der Waals surface area (Å²) in [4.78, 5) is 37.9. The van der Waals surface area contributed by atoms with Gasteiger partial charge < -0.3 is 9.80 Å². The Kier molecular flexibility index (Phi) is 5.20. The van der Waals surface area contributed by atoms with Crippen molar-refractivity contribution in [1.29, 1.82) is 0 Å². The first-order valence-electron chi connectivity index (χ1n) is 9.04. The Hall–Kier alpha value is -2.26. The van der Waals surface area contributed by atoms with E-state index in [1.54, 1.807) is 25.2 Å². The monoisotopic (exact) mass is 461 g/mol. The maximum atomic E-state index is 12.6. The Morgan fingerprint density at radius 2 is 1.96 bits per heavy atom. The number of fused-ring (bicyclic) bond motifs is 1. The van der Waals surface area contributed by atoms with Crippen molar-refractivity contribution in [3.8, 4) is 0 Å². The quantitative estimate of drug-likeness (QED) is 0.599. The molecule has 0 aliphatic carbocycles. The van der Waals surface area contributed by atoms with Crippen LogP contribution in [0.15, 0.2) is 33.8 Å². The lowest BCUT2D eigenvalue weighted by Crippen LogP contribution is -2.50. The van der Waals surface area contributed by atoms with E-state index >= 15 is 0 Å². The number of hydrogen-bond donors (Lipinski definition) is 0. The van der Waals surface area contributed by atoms with Crippen molar-refractivity contribution in [2.75, 3.05) is 31.1 Å². The fraction of sp³-hybridized carbons (Fsp3) is 0.368. The molecule has 2 aromatic heterocycles. The van der Waals surface area contributed by atoms with E-state index in [-0.39, 0.29) is 18.0 Å². The van der Waals surface area contributed by atoms with E-state index in [0.717, 1.165) is 32.9 Å². The molecule has 146 valence electrons. The minimum atomic E-state index is -0.153. The van der Waals surface area contributed by atoms with E-state index in [1.165, 1.54) is 10.9 Å². The normalized spacial score (nSPS) is 14.7. The SMILES string of the molecule is Cc1ncn(CC(=O)N2CCN(c3nc4ccc(Br)cc4s3)CC2)c(=O)c1C. The summed E-state index contributed by atoms with van der Waals surface area (Å²) in [6, 6.07) is 6.08. The number of aromatic nitrogens is 3. The number of anilines is 1. The number of piperazine rings is 1. The summed E-state index contributed by atoms with van der Waals surface area (Å²) in [5.74, 6) is -0.0555. The van der Waals surface area contributed by atoms with Crippen LogP contribution < -0.4 is 10.5 Å². The number of amides is 1. The van der Waals surface area contributed by atoms with Gasteiger partial charge in [-0.2, -0.15) is 0 Å². The summed E-state index contributed by atoms with van der Waals surface area (Å²) in [5.41, 5.74) is 2.12. The molecule has 1 aliphatic heterocycles. The van der Waals surface area contributed by atoms with Crippen LogP contribution in [0.5, 0.6) is 0 Å². The highest BCUT2D eigenvalue weighted by atomic mass is 79.9. The summed E-state index contributed by atoms with van der Waals surface area (Å²) in [7, 11) is 0. The van der Waals surface area contributed by atoms with Gasteiger partial charge in [0.15, 0.2) is 5.13 Å². The maximum absolute atomic E-state index is 12.6. The van der Waals surface area contributed by atoms with Gasteiger partial charge in [-0.3, -0.25) is 14.2 Å². The zero-order valence-electron chi connectivity index (χ0n) is 15.7. The lowest BCUT2D eigenvalue weighted by atomic mass is 10.2. The summed E-state index contributed by atoms with van der Waals surface area (Å²) in [5, 5.41) is 0.981. The molecular formula is C19H20BrN5O2S. The molecule has 1 aromatic carbocycles. The molecule has 0 N–H and O–H groups in total. The highest BCUT2D eigenvalue weighted by Gasteiger charge is 2.23. The first-order chi connectivity index (χ1) is 13.4. The first kappa shape index (κ1) is 19.1. The fourth-order valence-corrected chi connectivity index (χ4v) is 4.77. The van der Waals surface area contributed by atoms with Gasteiger partial charge in [-0.15, -0.1) is 0 Å². The molecule has 7 nitrogen and oxygen atoms in total. The Morgan fingerprint density at radius 3 is 2.71 bits per heavy atom. The predicted molar refractivity (Wildman–Crippen MR) is 114 cm³/mol. The average Bonchev–Trinajstić information content (AvgIpc) is 3.11. The molecule has 1 saturated heterocycles. The minimum absolute atomic E-state index is 0.0299. The fourth-order valence-electron chi connectivity index (χ4n) is 3.20. The van der Waals surface area contributed by atoms with Gasteiger partial charge in [-0.25, -0.2) is 9.97 Å². The molecule has 0 unspecified atom stereocenters. The van der Waals surface area contributed by atoms with Gasteiger partial charge in [-0.1, -0.05) is 27.3 Å². The molecular weight excluding hydrogens is 442 g/mol. The molecule has 9 heteroatoms. The molecule has 3 aromatic rings. The van der Waals surface area contributed by atoms with Crippen molar-refractivity contribution in [2.24, 2.45) is 0 Å². The third kappa shape index (κ3) is 3.68. The molecule has 0 bridgehead atoms. The molecule has 0 radical (unpaired) electrons. The average molecular weight is 462 g/mol. The third-order valence-corrected chi connectivity index (χ3v) is 6.64. The second kappa shape index (κ2) is 7.63. The number of thiazole rings is 1. The molecule has 1 amide bonds. The third-order valence-electron chi connectivity index (χ3n) is 5.06. The zero-order valence-corrected chi connectivity index (χ0v) is 18.1. The standard InChI is InChI=1S/C19H20BrN5O2S/c1-12-13(2)21-11-25(18(12)27)10-17(26)23-5-7-24(8-6-23)19-22-15-4-3-14(20)9-16(15)28-19/h3-4,9,11H,5-8,10H2,1-2H3. The van der Waals surface area contributed by atoms with Crippen LogP contribution in [0.3, 0.4) is 0 Å². The van der Waals surface area contributed by atoms with Crippen LogP contribution >= 0.6 is 27.3 Å². The topological polar surface area (TPSA) is 71.3 Å². The number of rotatable bonds is 3. The number of nitrogens with zero attached hydrogens (tertiary/aromatic N) is 5. The van der Waals surface area contributed by atoms with E-state index in [4.69, 9.17) is 4.98 Å². The number of hydrogen-bond acceptors (Lipinski definition) is 6. The molecule has 0 saturated carbocycles. The Labute approximate surface area is 174 Å². The molecule has 0 atom stereocenters. The number of aryl methyl sites for hydroxylation is 1. The van der Waals surface area contributed by atoms with E-state index < -0.39 is 0 Å². The van der Waals surface area contributed by atoms with Crippen LogP contribution in [0.4, 0.5) is 5.13 Å². The minimum Gasteiger partial charge on any atom is -0.345 e. The predicted octanol–water partition coefficient (Wildman–Crippen LogP) is 2.58. The Bertz CT molecular complexity index is 1100. The van der Waals surface area contributed by atoms with Crippen molar-refractivity contribution in [3.05, 3.63) is 50.6 Å². The Morgan fingerprint density at radius 1 is 1.21 bits per heavy atom. The van der Waals surface area contributed by atoms with Crippen molar-refractivity contribution in [1.82, 2.24) is 19.4 Å². The van der Waals surface area contributed by atoms with Crippen LogP contribution in [0.2, 0.25) is 0 Å². The Balaban J connectivity index is 1.41. The molecule has 0 spiro atoms. The lowest BCUT2D eigenvalue weighted by molar-refractivity contribution is -0.132. The van der Waals surface area contributed by atoms with Crippen LogP contribution in [-0.4, -0.2) is 51.5 Å². The highest BCUT2D eigenvalue weighted by molar-refractivity contribution is 9.10. The van der Waals surface area contributed by atoms with Gasteiger partial charge in [-0.05, 0) is 32.0 Å². The van der Waals surface area contributed by atoms with Crippen LogP contribution in [0.25, 0.3) is 10.2 Å². The highest BCUT2D eigenvalue weighted by Crippen LogP contribution is 2.31. The number of carbonyl (C=O) groups is 1. The van der Waals surface area contributed by atoms with Gasteiger partial charge in [0.05, 0.1) is 16.5 Å². The summed E-state index contributed by atoms with van der Waals surface area (Å²) in [6.45, 7) is 6.25. The largest absolute Gasteiger partial charge is 0.345 e. The summed E-state index contributed by atoms with van der Waals surface area (Å²) < 4.78 is 3.58. The van der Waals surface area contributed by atoms with Gasteiger partial charge in [0, 0.05) is 41.9 Å². The zero-order chi connectivity index (χ0) is 19.8. The van der Waals surface area contributed by atoms with Gasteiger partial charge in [0.1, 0.15) is 6.54 Å². The van der Waals surface area contributed by atoms with Crippen molar-refractivity contribution >= 4 is 48.5 Å². The van der Waals surface area contributed by atoms with Crippen molar-refractivity contribution in [3.63, 3.8) is 0 Å². The van der Waals surface area contributed by atoms with E-state index in [9.17, 15) is 9.59 Å². The lowest BCUT2D eigenvalue weighted by Gasteiger charge is -2.34. The van der Waals surface area contributed by atoms with Crippen LogP contribution in [0, 0.1) is 13.8 Å². The smallest absolute Gasteiger partial charge is 0.256 e. The summed E-state index contributed by atoms with van der Waals surface area (Å²) in [6.07, 6.45) is 1.46. The summed E-state index contributed by atoms with van der Waals surface area (Å²) >= 11 is 5.16. The molecule has 4 rings (SSSR count). The molecule has 1 aliphatic rings. The van der Waals surface area contributed by atoms with Crippen molar-refractivity contribution in [2.45, 2.75) is 20.4 Å². The van der Waals surface area contributed by atoms with E-state index in [1.807, 2.05) is 17.0 Å². The van der Waals surface area contributed by atoms with Gasteiger partial charge in [0.2, 0.25) is 5.91 Å². The van der Waals surface area contributed by atoms with Gasteiger partial charge >= 0.3 is 0 Å². The number of halogens is 1. The van der Waals surface area contributed by atoms with Crippen molar-refractivity contribution < 1.29 is 4.79 Å². The van der Waals surface area contributed by atoms with E-state index in [2.05, 4.69) is 31.9 Å². The second-order valence-corrected chi connectivity index (χ2v) is 8.79. The number of carbonyl (C=O) groups excluding carboxylic acids is 1. The molecule has 3 heterocycles. The van der Waals surface area contributed by atoms with E-state index in [0.29, 0.717) is 24.3 Å². The maximum Gasteiger partial charge on any atom is 0.256 e. The van der Waals surface area contributed by atoms with Gasteiger partial charge in [0.25, 0.3) is 5.56 Å². The number of benzene rings is 1. The van der Waals surface area contributed by atoms with Crippen LogP contribution in [-0.2, 0) is 11.3 Å². The van der Waals surface area contributed by atoms with Crippen LogP contribution in [0.1, 0.15) is 11.3 Å². The molecule has 28 heavy (non-hydrogen) atoms. The molecule has 1 fully saturated rings. The second-order valence-electron chi connectivity index (χ2n) is 6.86.